The Bertz CT molecular complexity index is 194. The molecule has 122 valence electrons. The van der Waals surface area contributed by atoms with E-state index in [2.05, 4.69) is 20.8 Å². The minimum absolute atomic E-state index is 0.276. The molecule has 0 saturated carbocycles. The van der Waals surface area contributed by atoms with Gasteiger partial charge in [0, 0.05) is 0 Å². The summed E-state index contributed by atoms with van der Waals surface area (Å²) in [5.74, 6) is 0.276. The van der Waals surface area contributed by atoms with Crippen molar-refractivity contribution >= 4 is 0 Å². The fourth-order valence-electron chi connectivity index (χ4n) is 2.89. The predicted molar refractivity (Wildman–Crippen MR) is 87.9 cm³/mol. The van der Waals surface area contributed by atoms with Crippen molar-refractivity contribution in [2.75, 3.05) is 0 Å². The molecule has 0 fully saturated rings. The quantitative estimate of drug-likeness (QED) is 0.438. The van der Waals surface area contributed by atoms with Crippen LogP contribution in [0.5, 0.6) is 0 Å². The molecule has 2 N–H and O–H groups in total. The second-order valence-electron chi connectivity index (χ2n) is 6.28. The highest BCUT2D eigenvalue weighted by atomic mass is 16.3. The van der Waals surface area contributed by atoms with E-state index in [1.165, 1.54) is 38.5 Å². The maximum Gasteiger partial charge on any atom is 0.0827 e. The lowest BCUT2D eigenvalue weighted by Crippen LogP contribution is -2.33. The van der Waals surface area contributed by atoms with Crippen LogP contribution in [-0.4, -0.2) is 22.4 Å². The van der Waals surface area contributed by atoms with E-state index in [9.17, 15) is 10.2 Å². The van der Waals surface area contributed by atoms with Crippen LogP contribution in [0.2, 0.25) is 0 Å². The molecular formula is C18H38O2. The Hall–Kier alpha value is -0.0800. The summed E-state index contributed by atoms with van der Waals surface area (Å²) in [6.07, 6.45) is 12.9. The monoisotopic (exact) mass is 286 g/mol. The lowest BCUT2D eigenvalue weighted by atomic mass is 9.88. The SMILES string of the molecule is CCCCCCCCC(CC)C(O)C(O)CCCCC. The molecule has 0 aliphatic heterocycles. The average Bonchev–Trinajstić information content (AvgIpc) is 2.46. The molecule has 0 aromatic heterocycles. The molecule has 0 spiro atoms. The molecule has 0 aliphatic carbocycles. The van der Waals surface area contributed by atoms with E-state index in [1.54, 1.807) is 0 Å². The summed E-state index contributed by atoms with van der Waals surface area (Å²) >= 11 is 0. The first kappa shape index (κ1) is 19.9. The van der Waals surface area contributed by atoms with Gasteiger partial charge in [0.25, 0.3) is 0 Å². The van der Waals surface area contributed by atoms with Gasteiger partial charge in [0.15, 0.2) is 0 Å². The van der Waals surface area contributed by atoms with E-state index in [0.717, 1.165) is 38.5 Å². The molecule has 0 saturated heterocycles. The van der Waals surface area contributed by atoms with Crippen molar-refractivity contribution in [3.63, 3.8) is 0 Å². The van der Waals surface area contributed by atoms with Gasteiger partial charge in [-0.25, -0.2) is 0 Å². The number of aliphatic hydroxyl groups excluding tert-OH is 2. The molecule has 0 aromatic carbocycles. The van der Waals surface area contributed by atoms with E-state index in [0.29, 0.717) is 0 Å². The van der Waals surface area contributed by atoms with Crippen LogP contribution in [-0.2, 0) is 0 Å². The van der Waals surface area contributed by atoms with Gasteiger partial charge >= 0.3 is 0 Å². The summed E-state index contributed by atoms with van der Waals surface area (Å²) in [5, 5.41) is 20.3. The van der Waals surface area contributed by atoms with Crippen molar-refractivity contribution in [1.82, 2.24) is 0 Å². The highest BCUT2D eigenvalue weighted by Gasteiger charge is 2.24. The van der Waals surface area contributed by atoms with Gasteiger partial charge in [0.05, 0.1) is 12.2 Å². The topological polar surface area (TPSA) is 40.5 Å². The fraction of sp³-hybridized carbons (Fsp3) is 1.00. The summed E-state index contributed by atoms with van der Waals surface area (Å²) in [4.78, 5) is 0. The maximum absolute atomic E-state index is 10.3. The van der Waals surface area contributed by atoms with Crippen molar-refractivity contribution in [3.8, 4) is 0 Å². The number of hydrogen-bond acceptors (Lipinski definition) is 2. The molecule has 2 nitrogen and oxygen atoms in total. The lowest BCUT2D eigenvalue weighted by Gasteiger charge is -2.26. The van der Waals surface area contributed by atoms with Gasteiger partial charge in [-0.2, -0.15) is 0 Å². The highest BCUT2D eigenvalue weighted by molar-refractivity contribution is 4.75. The van der Waals surface area contributed by atoms with Crippen LogP contribution < -0.4 is 0 Å². The van der Waals surface area contributed by atoms with Gasteiger partial charge in [0.2, 0.25) is 0 Å². The van der Waals surface area contributed by atoms with Crippen LogP contribution in [0, 0.1) is 5.92 Å². The largest absolute Gasteiger partial charge is 0.390 e. The van der Waals surface area contributed by atoms with Gasteiger partial charge in [-0.05, 0) is 18.8 Å². The third-order valence-electron chi connectivity index (χ3n) is 4.43. The second-order valence-corrected chi connectivity index (χ2v) is 6.28. The minimum atomic E-state index is -0.522. The van der Waals surface area contributed by atoms with Crippen molar-refractivity contribution in [2.24, 2.45) is 5.92 Å². The normalized spacial score (nSPS) is 16.1. The van der Waals surface area contributed by atoms with E-state index in [4.69, 9.17) is 0 Å². The van der Waals surface area contributed by atoms with Gasteiger partial charge in [-0.15, -0.1) is 0 Å². The zero-order chi connectivity index (χ0) is 15.2. The van der Waals surface area contributed by atoms with E-state index in [1.807, 2.05) is 0 Å². The third kappa shape index (κ3) is 9.77. The molecule has 0 radical (unpaired) electrons. The zero-order valence-electron chi connectivity index (χ0n) is 14.1. The highest BCUT2D eigenvalue weighted by Crippen LogP contribution is 2.22. The molecule has 20 heavy (non-hydrogen) atoms. The minimum Gasteiger partial charge on any atom is -0.390 e. The molecule has 0 heterocycles. The van der Waals surface area contributed by atoms with Crippen molar-refractivity contribution in [3.05, 3.63) is 0 Å². The molecule has 0 aliphatic rings. The summed E-state index contributed by atoms with van der Waals surface area (Å²) in [6, 6.07) is 0. The fourth-order valence-corrected chi connectivity index (χ4v) is 2.89. The molecule has 0 amide bonds. The standard InChI is InChI=1S/C18H38O2/c1-4-7-9-10-11-13-14-16(6-3)18(20)17(19)15-12-8-5-2/h16-20H,4-15H2,1-3H3. The Kier molecular flexibility index (Phi) is 13.8. The van der Waals surface area contributed by atoms with Crippen LogP contribution in [0.4, 0.5) is 0 Å². The Morgan fingerprint density at radius 1 is 0.650 bits per heavy atom. The van der Waals surface area contributed by atoms with E-state index >= 15 is 0 Å². The smallest absolute Gasteiger partial charge is 0.0827 e. The van der Waals surface area contributed by atoms with Crippen LogP contribution in [0.1, 0.15) is 97.8 Å². The number of rotatable bonds is 14. The van der Waals surface area contributed by atoms with Crippen LogP contribution >= 0.6 is 0 Å². The van der Waals surface area contributed by atoms with Gasteiger partial charge in [-0.3, -0.25) is 0 Å². The molecule has 3 unspecified atom stereocenters. The molecule has 0 bridgehead atoms. The van der Waals surface area contributed by atoms with E-state index in [-0.39, 0.29) is 5.92 Å². The molecule has 2 heteroatoms. The Balaban J connectivity index is 3.80. The van der Waals surface area contributed by atoms with Gasteiger partial charge in [0.1, 0.15) is 0 Å². The van der Waals surface area contributed by atoms with Gasteiger partial charge in [-0.1, -0.05) is 85.0 Å². The lowest BCUT2D eigenvalue weighted by molar-refractivity contribution is -0.0259. The Labute approximate surface area is 127 Å². The third-order valence-corrected chi connectivity index (χ3v) is 4.43. The van der Waals surface area contributed by atoms with Crippen molar-refractivity contribution < 1.29 is 10.2 Å². The number of aliphatic hydroxyl groups is 2. The molecular weight excluding hydrogens is 248 g/mol. The van der Waals surface area contributed by atoms with Crippen LogP contribution in [0.25, 0.3) is 0 Å². The summed E-state index contributed by atoms with van der Waals surface area (Å²) in [7, 11) is 0. The van der Waals surface area contributed by atoms with Crippen LogP contribution in [0.3, 0.4) is 0 Å². The maximum atomic E-state index is 10.3. The summed E-state index contributed by atoms with van der Waals surface area (Å²) in [6.45, 7) is 6.53. The van der Waals surface area contributed by atoms with E-state index < -0.39 is 12.2 Å². The molecule has 0 aromatic rings. The number of hydrogen-bond donors (Lipinski definition) is 2. The second kappa shape index (κ2) is 13.9. The Morgan fingerprint density at radius 2 is 1.15 bits per heavy atom. The predicted octanol–water partition coefficient (Wildman–Crippen LogP) is 5.07. The summed E-state index contributed by atoms with van der Waals surface area (Å²) in [5.41, 5.74) is 0. The molecule has 3 atom stereocenters. The zero-order valence-corrected chi connectivity index (χ0v) is 14.1. The average molecular weight is 287 g/mol. The number of unbranched alkanes of at least 4 members (excludes halogenated alkanes) is 7. The molecule has 0 rings (SSSR count). The van der Waals surface area contributed by atoms with Gasteiger partial charge < -0.3 is 10.2 Å². The Morgan fingerprint density at radius 3 is 1.75 bits per heavy atom. The first-order valence-electron chi connectivity index (χ1n) is 9.03. The van der Waals surface area contributed by atoms with Crippen molar-refractivity contribution in [2.45, 2.75) is 110 Å². The van der Waals surface area contributed by atoms with Crippen molar-refractivity contribution in [1.29, 1.82) is 0 Å². The first-order valence-corrected chi connectivity index (χ1v) is 9.03. The van der Waals surface area contributed by atoms with Crippen LogP contribution in [0.15, 0.2) is 0 Å². The first-order chi connectivity index (χ1) is 9.67. The summed E-state index contributed by atoms with van der Waals surface area (Å²) < 4.78 is 0.